The van der Waals surface area contributed by atoms with Crippen LogP contribution in [0.5, 0.6) is 0 Å². The standard InChI is InChI=1S/C10H16N4O4S2/c1-13(5-6-19-2)20(17,18)10-7-8(12-11)3-4-9(10)14(15)16/h3-4,7,12H,5-6,11H2,1-2H3. The summed E-state index contributed by atoms with van der Waals surface area (Å²) >= 11 is 1.49. The molecule has 1 aromatic carbocycles. The molecular weight excluding hydrogens is 304 g/mol. The van der Waals surface area contributed by atoms with E-state index in [1.807, 2.05) is 6.26 Å². The molecule has 0 bridgehead atoms. The Bertz CT molecular complexity index is 591. The van der Waals surface area contributed by atoms with Crippen molar-refractivity contribution in [2.24, 2.45) is 5.84 Å². The van der Waals surface area contributed by atoms with Crippen LogP contribution < -0.4 is 11.3 Å². The van der Waals surface area contributed by atoms with E-state index in [0.29, 0.717) is 5.75 Å². The van der Waals surface area contributed by atoms with Crippen molar-refractivity contribution >= 4 is 33.2 Å². The topological polar surface area (TPSA) is 119 Å². The molecule has 0 amide bonds. The maximum Gasteiger partial charge on any atom is 0.289 e. The van der Waals surface area contributed by atoms with E-state index in [1.165, 1.54) is 24.9 Å². The van der Waals surface area contributed by atoms with Crippen LogP contribution in [0.25, 0.3) is 0 Å². The fraction of sp³-hybridized carbons (Fsp3) is 0.400. The minimum absolute atomic E-state index is 0.265. The van der Waals surface area contributed by atoms with Crippen molar-refractivity contribution in [1.82, 2.24) is 4.31 Å². The lowest BCUT2D eigenvalue weighted by Gasteiger charge is -2.17. The number of nitro benzene ring substituents is 1. The summed E-state index contributed by atoms with van der Waals surface area (Å²) in [6.45, 7) is 0.265. The molecule has 0 aliphatic rings. The molecule has 0 unspecified atom stereocenters. The van der Waals surface area contributed by atoms with E-state index >= 15 is 0 Å². The lowest BCUT2D eigenvalue weighted by Crippen LogP contribution is -2.29. The average molecular weight is 320 g/mol. The highest BCUT2D eigenvalue weighted by Crippen LogP contribution is 2.28. The minimum atomic E-state index is -3.94. The molecule has 0 heterocycles. The smallest absolute Gasteiger partial charge is 0.289 e. The summed E-state index contributed by atoms with van der Waals surface area (Å²) in [5.74, 6) is 5.81. The molecule has 112 valence electrons. The number of anilines is 1. The molecule has 3 N–H and O–H groups in total. The maximum absolute atomic E-state index is 12.4. The van der Waals surface area contributed by atoms with Gasteiger partial charge < -0.3 is 5.43 Å². The fourth-order valence-corrected chi connectivity index (χ4v) is 3.39. The first-order chi connectivity index (χ1) is 9.34. The van der Waals surface area contributed by atoms with E-state index in [1.54, 1.807) is 0 Å². The third-order valence-corrected chi connectivity index (χ3v) is 5.10. The summed E-state index contributed by atoms with van der Waals surface area (Å²) in [7, 11) is -2.55. The third-order valence-electron chi connectivity index (χ3n) is 2.62. The Morgan fingerprint density at radius 2 is 2.15 bits per heavy atom. The van der Waals surface area contributed by atoms with E-state index in [9.17, 15) is 18.5 Å². The SMILES string of the molecule is CSCCN(C)S(=O)(=O)c1cc(NN)ccc1[N+](=O)[O-]. The van der Waals surface area contributed by atoms with Gasteiger partial charge in [-0.1, -0.05) is 0 Å². The van der Waals surface area contributed by atoms with Gasteiger partial charge in [-0.05, 0) is 18.4 Å². The molecule has 0 aliphatic carbocycles. The predicted molar refractivity (Wildman–Crippen MR) is 79.1 cm³/mol. The number of nitrogens with zero attached hydrogens (tertiary/aromatic N) is 2. The zero-order valence-corrected chi connectivity index (χ0v) is 12.7. The maximum atomic E-state index is 12.4. The number of nitro groups is 1. The van der Waals surface area contributed by atoms with Crippen molar-refractivity contribution in [2.45, 2.75) is 4.90 Å². The first kappa shape index (κ1) is 16.7. The van der Waals surface area contributed by atoms with Gasteiger partial charge in [-0.25, -0.2) is 8.42 Å². The number of hydrogen-bond acceptors (Lipinski definition) is 7. The molecule has 1 aromatic rings. The summed E-state index contributed by atoms with van der Waals surface area (Å²) in [6, 6.07) is 3.62. The first-order valence-corrected chi connectivity index (χ1v) is 8.38. The Morgan fingerprint density at radius 3 is 2.65 bits per heavy atom. The van der Waals surface area contributed by atoms with Gasteiger partial charge in [0.25, 0.3) is 5.69 Å². The van der Waals surface area contributed by atoms with Gasteiger partial charge in [-0.3, -0.25) is 16.0 Å². The first-order valence-electron chi connectivity index (χ1n) is 5.55. The molecule has 10 heteroatoms. The summed E-state index contributed by atoms with van der Waals surface area (Å²) in [5.41, 5.74) is 2.09. The second-order valence-electron chi connectivity index (χ2n) is 3.90. The molecular formula is C10H16N4O4S2. The van der Waals surface area contributed by atoms with Gasteiger partial charge in [0, 0.05) is 25.4 Å². The number of hydrazine groups is 1. The molecule has 0 fully saturated rings. The van der Waals surface area contributed by atoms with Gasteiger partial charge >= 0.3 is 0 Å². The normalized spacial score (nSPS) is 11.6. The molecule has 0 spiro atoms. The van der Waals surface area contributed by atoms with Gasteiger partial charge in [0.05, 0.1) is 10.6 Å². The Morgan fingerprint density at radius 1 is 1.50 bits per heavy atom. The number of benzene rings is 1. The average Bonchev–Trinajstić information content (AvgIpc) is 2.43. The Hall–Kier alpha value is -1.36. The van der Waals surface area contributed by atoms with Crippen LogP contribution in [0.3, 0.4) is 0 Å². The molecule has 1 rings (SSSR count). The summed E-state index contributed by atoms with van der Waals surface area (Å²) in [5, 5.41) is 11.0. The van der Waals surface area contributed by atoms with Crippen molar-refractivity contribution in [2.75, 3.05) is 31.0 Å². The lowest BCUT2D eigenvalue weighted by atomic mass is 10.3. The number of sulfonamides is 1. The Balaban J connectivity index is 3.31. The van der Waals surface area contributed by atoms with Gasteiger partial charge in [0.1, 0.15) is 0 Å². The highest BCUT2D eigenvalue weighted by Gasteiger charge is 2.29. The van der Waals surface area contributed by atoms with Gasteiger partial charge in [0.15, 0.2) is 4.90 Å². The van der Waals surface area contributed by atoms with E-state index in [0.717, 1.165) is 16.4 Å². The summed E-state index contributed by atoms with van der Waals surface area (Å²) in [4.78, 5) is 9.87. The van der Waals surface area contributed by atoms with E-state index in [-0.39, 0.29) is 17.1 Å². The number of thioether (sulfide) groups is 1. The highest BCUT2D eigenvalue weighted by atomic mass is 32.2. The second kappa shape index (κ2) is 6.88. The largest absolute Gasteiger partial charge is 0.324 e. The van der Waals surface area contributed by atoms with Crippen LogP contribution in [0.1, 0.15) is 0 Å². The molecule has 0 radical (unpaired) electrons. The summed E-state index contributed by atoms with van der Waals surface area (Å²) < 4.78 is 25.8. The van der Waals surface area contributed by atoms with Crippen molar-refractivity contribution < 1.29 is 13.3 Å². The Labute approximate surface area is 121 Å². The number of hydrogen-bond donors (Lipinski definition) is 2. The number of rotatable bonds is 7. The molecule has 0 atom stereocenters. The Kier molecular flexibility index (Phi) is 5.74. The van der Waals surface area contributed by atoms with Gasteiger partial charge in [-0.2, -0.15) is 16.1 Å². The summed E-state index contributed by atoms with van der Waals surface area (Å²) in [6.07, 6.45) is 1.85. The number of nitrogens with one attached hydrogen (secondary N) is 1. The fourth-order valence-electron chi connectivity index (χ4n) is 1.47. The van der Waals surface area contributed by atoms with Crippen LogP contribution in [0, 0.1) is 10.1 Å². The predicted octanol–water partition coefficient (Wildman–Crippen LogP) is 0.864. The third kappa shape index (κ3) is 3.60. The van der Waals surface area contributed by atoms with Crippen molar-refractivity contribution in [3.8, 4) is 0 Å². The molecule has 8 nitrogen and oxygen atoms in total. The second-order valence-corrected chi connectivity index (χ2v) is 6.90. The molecule has 20 heavy (non-hydrogen) atoms. The molecule has 0 aliphatic heterocycles. The van der Waals surface area contributed by atoms with Crippen LogP contribution in [0.2, 0.25) is 0 Å². The molecule has 0 saturated carbocycles. The monoisotopic (exact) mass is 320 g/mol. The van der Waals surface area contributed by atoms with Crippen LogP contribution in [0.4, 0.5) is 11.4 Å². The van der Waals surface area contributed by atoms with Crippen molar-refractivity contribution in [3.05, 3.63) is 28.3 Å². The van der Waals surface area contributed by atoms with E-state index in [2.05, 4.69) is 5.43 Å². The zero-order valence-electron chi connectivity index (χ0n) is 11.1. The molecule has 0 saturated heterocycles. The van der Waals surface area contributed by atoms with Crippen molar-refractivity contribution in [1.29, 1.82) is 0 Å². The van der Waals surface area contributed by atoms with E-state index in [4.69, 9.17) is 5.84 Å². The van der Waals surface area contributed by atoms with Crippen LogP contribution >= 0.6 is 11.8 Å². The highest BCUT2D eigenvalue weighted by molar-refractivity contribution is 7.98. The lowest BCUT2D eigenvalue weighted by molar-refractivity contribution is -0.387. The van der Waals surface area contributed by atoms with Gasteiger partial charge in [-0.15, -0.1) is 0 Å². The number of nitrogen functional groups attached to an aromatic ring is 1. The molecule has 0 aromatic heterocycles. The van der Waals surface area contributed by atoms with Crippen LogP contribution in [-0.4, -0.2) is 43.2 Å². The van der Waals surface area contributed by atoms with Crippen molar-refractivity contribution in [3.63, 3.8) is 0 Å². The van der Waals surface area contributed by atoms with Crippen LogP contribution in [0.15, 0.2) is 23.1 Å². The number of nitrogens with two attached hydrogens (primary N) is 1. The minimum Gasteiger partial charge on any atom is -0.324 e. The van der Waals surface area contributed by atoms with Gasteiger partial charge in [0.2, 0.25) is 10.0 Å². The van der Waals surface area contributed by atoms with Crippen LogP contribution in [-0.2, 0) is 10.0 Å². The quantitative estimate of drug-likeness (QED) is 0.434. The zero-order chi connectivity index (χ0) is 15.3. The van der Waals surface area contributed by atoms with E-state index < -0.39 is 20.6 Å².